The van der Waals surface area contributed by atoms with Crippen molar-refractivity contribution in [1.29, 1.82) is 0 Å². The molecule has 0 aromatic heterocycles. The van der Waals surface area contributed by atoms with Gasteiger partial charge >= 0.3 is 18.0 Å². The molecule has 1 N–H and O–H groups in total. The summed E-state index contributed by atoms with van der Waals surface area (Å²) in [5.41, 5.74) is 0. The summed E-state index contributed by atoms with van der Waals surface area (Å²) in [5.74, 6) is 0.410. The summed E-state index contributed by atoms with van der Waals surface area (Å²) in [4.78, 5) is 37.0. The molecule has 0 aromatic rings. The number of carbonyl (C=O) groups is 3. The first-order valence-corrected chi connectivity index (χ1v) is 6.26. The number of piperidine rings is 1. The van der Waals surface area contributed by atoms with Gasteiger partial charge in [-0.05, 0) is 12.8 Å². The number of hydrogen-bond donors (Lipinski definition) is 1. The van der Waals surface area contributed by atoms with Crippen LogP contribution in [0.2, 0.25) is 0 Å². The van der Waals surface area contributed by atoms with Gasteiger partial charge in [0.1, 0.15) is 6.54 Å². The molecule has 1 saturated heterocycles. The van der Waals surface area contributed by atoms with Gasteiger partial charge in [-0.15, -0.1) is 6.42 Å². The Morgan fingerprint density at radius 1 is 1.50 bits per heavy atom. The number of esters is 1. The topological polar surface area (TPSA) is 87.2 Å². The highest BCUT2D eigenvalue weighted by molar-refractivity contribution is 5.81. The molecular weight excluding hydrogens is 264 g/mol. The Labute approximate surface area is 117 Å². The third-order valence-electron chi connectivity index (χ3n) is 3.11. The van der Waals surface area contributed by atoms with E-state index in [2.05, 4.69) is 10.7 Å². The van der Waals surface area contributed by atoms with Crippen molar-refractivity contribution < 1.29 is 24.2 Å². The number of amides is 2. The van der Waals surface area contributed by atoms with E-state index in [4.69, 9.17) is 11.5 Å². The second-order valence-corrected chi connectivity index (χ2v) is 4.54. The lowest BCUT2D eigenvalue weighted by atomic mass is 9.98. The highest BCUT2D eigenvalue weighted by Crippen LogP contribution is 2.18. The maximum Gasteiger partial charge on any atom is 0.323 e. The molecule has 0 spiro atoms. The Hall–Kier alpha value is -2.23. The van der Waals surface area contributed by atoms with E-state index in [1.807, 2.05) is 0 Å². The summed E-state index contributed by atoms with van der Waals surface area (Å²) in [6, 6.07) is -0.459. The van der Waals surface area contributed by atoms with Crippen LogP contribution in [-0.4, -0.2) is 66.2 Å². The summed E-state index contributed by atoms with van der Waals surface area (Å²) in [5, 5.41) is 8.78. The van der Waals surface area contributed by atoms with E-state index in [1.54, 1.807) is 0 Å². The Balaban J connectivity index is 2.71. The van der Waals surface area contributed by atoms with E-state index in [9.17, 15) is 14.4 Å². The van der Waals surface area contributed by atoms with Crippen LogP contribution in [0.4, 0.5) is 4.79 Å². The molecule has 1 heterocycles. The zero-order valence-electron chi connectivity index (χ0n) is 11.4. The number of carboxylic acid groups (broad SMARTS) is 1. The van der Waals surface area contributed by atoms with Gasteiger partial charge in [-0.3, -0.25) is 9.59 Å². The Kier molecular flexibility index (Phi) is 5.84. The standard InChI is InChI=1S/C13H18N2O5/c1-3-6-14(9-11(16)17)13(19)15-7-4-5-10(8-15)12(18)20-2/h1,10H,4-9H2,2H3,(H,16,17). The lowest BCUT2D eigenvalue weighted by Crippen LogP contribution is -2.50. The fraction of sp³-hybridized carbons (Fsp3) is 0.615. The Morgan fingerprint density at radius 3 is 2.75 bits per heavy atom. The Morgan fingerprint density at radius 2 is 2.20 bits per heavy atom. The number of ether oxygens (including phenoxy) is 1. The fourth-order valence-electron chi connectivity index (χ4n) is 2.17. The molecule has 1 aliphatic rings. The van der Waals surface area contributed by atoms with Gasteiger partial charge < -0.3 is 19.6 Å². The van der Waals surface area contributed by atoms with E-state index in [0.29, 0.717) is 19.4 Å². The van der Waals surface area contributed by atoms with Gasteiger partial charge in [0.15, 0.2) is 0 Å². The van der Waals surface area contributed by atoms with Crippen molar-refractivity contribution in [1.82, 2.24) is 9.80 Å². The first-order valence-electron chi connectivity index (χ1n) is 6.26. The van der Waals surface area contributed by atoms with Gasteiger partial charge in [0.05, 0.1) is 19.6 Å². The normalized spacial score (nSPS) is 18.0. The molecule has 0 saturated carbocycles. The van der Waals surface area contributed by atoms with Crippen LogP contribution < -0.4 is 0 Å². The van der Waals surface area contributed by atoms with Gasteiger partial charge in [0.25, 0.3) is 0 Å². The van der Waals surface area contributed by atoms with Crippen LogP contribution in [0, 0.1) is 18.3 Å². The molecule has 1 aliphatic heterocycles. The molecule has 1 fully saturated rings. The van der Waals surface area contributed by atoms with Crippen LogP contribution in [-0.2, 0) is 14.3 Å². The number of hydrogen-bond acceptors (Lipinski definition) is 4. The zero-order valence-corrected chi connectivity index (χ0v) is 11.4. The summed E-state index contributed by atoms with van der Waals surface area (Å²) >= 11 is 0. The van der Waals surface area contributed by atoms with Crippen molar-refractivity contribution in [2.75, 3.05) is 33.3 Å². The molecule has 2 amide bonds. The summed E-state index contributed by atoms with van der Waals surface area (Å²) in [6.07, 6.45) is 6.47. The minimum Gasteiger partial charge on any atom is -0.480 e. The molecule has 1 rings (SSSR count). The van der Waals surface area contributed by atoms with Gasteiger partial charge in [-0.2, -0.15) is 0 Å². The number of likely N-dealkylation sites (tertiary alicyclic amines) is 1. The van der Waals surface area contributed by atoms with Crippen molar-refractivity contribution in [3.8, 4) is 12.3 Å². The molecule has 0 aliphatic carbocycles. The quantitative estimate of drug-likeness (QED) is 0.580. The van der Waals surface area contributed by atoms with E-state index >= 15 is 0 Å². The number of rotatable bonds is 4. The second-order valence-electron chi connectivity index (χ2n) is 4.54. The van der Waals surface area contributed by atoms with E-state index < -0.39 is 18.5 Å². The second kappa shape index (κ2) is 7.38. The smallest absolute Gasteiger partial charge is 0.323 e. The first kappa shape index (κ1) is 15.8. The molecule has 0 aromatic carbocycles. The molecule has 1 atom stereocenters. The van der Waals surface area contributed by atoms with Gasteiger partial charge in [-0.1, -0.05) is 5.92 Å². The largest absolute Gasteiger partial charge is 0.480 e. The van der Waals surface area contributed by atoms with Crippen LogP contribution in [0.25, 0.3) is 0 Å². The van der Waals surface area contributed by atoms with Crippen molar-refractivity contribution >= 4 is 18.0 Å². The number of urea groups is 1. The number of terminal acetylenes is 1. The third kappa shape index (κ3) is 4.16. The predicted octanol–water partition coefficient (Wildman–Crippen LogP) is 0.0112. The molecule has 7 heteroatoms. The third-order valence-corrected chi connectivity index (χ3v) is 3.11. The Bertz CT molecular complexity index is 429. The lowest BCUT2D eigenvalue weighted by Gasteiger charge is -2.34. The molecule has 1 unspecified atom stereocenters. The molecule has 0 radical (unpaired) electrons. The van der Waals surface area contributed by atoms with Crippen LogP contribution >= 0.6 is 0 Å². The van der Waals surface area contributed by atoms with Crippen LogP contribution in [0.3, 0.4) is 0 Å². The number of nitrogens with zero attached hydrogens (tertiary/aromatic N) is 2. The summed E-state index contributed by atoms with van der Waals surface area (Å²) in [6.45, 7) is 0.173. The van der Waals surface area contributed by atoms with E-state index in [1.165, 1.54) is 12.0 Å². The van der Waals surface area contributed by atoms with Gasteiger partial charge in [0.2, 0.25) is 0 Å². The predicted molar refractivity (Wildman–Crippen MR) is 69.8 cm³/mol. The summed E-state index contributed by atoms with van der Waals surface area (Å²) in [7, 11) is 1.30. The molecule has 110 valence electrons. The molecule has 7 nitrogen and oxygen atoms in total. The van der Waals surface area contributed by atoms with Gasteiger partial charge in [-0.25, -0.2) is 4.79 Å². The van der Waals surface area contributed by atoms with E-state index in [0.717, 1.165) is 4.90 Å². The number of carbonyl (C=O) groups excluding carboxylic acids is 2. The van der Waals surface area contributed by atoms with Crippen LogP contribution in [0.5, 0.6) is 0 Å². The number of carboxylic acids is 1. The van der Waals surface area contributed by atoms with Crippen molar-refractivity contribution in [3.05, 3.63) is 0 Å². The number of aliphatic carboxylic acids is 1. The number of methoxy groups -OCH3 is 1. The zero-order chi connectivity index (χ0) is 15.1. The minimum absolute atomic E-state index is 0.0788. The molecule has 20 heavy (non-hydrogen) atoms. The van der Waals surface area contributed by atoms with Crippen molar-refractivity contribution in [2.24, 2.45) is 5.92 Å². The van der Waals surface area contributed by atoms with Crippen molar-refractivity contribution in [2.45, 2.75) is 12.8 Å². The van der Waals surface area contributed by atoms with Crippen molar-refractivity contribution in [3.63, 3.8) is 0 Å². The highest BCUT2D eigenvalue weighted by Gasteiger charge is 2.31. The van der Waals surface area contributed by atoms with Gasteiger partial charge in [0, 0.05) is 13.1 Å². The fourth-order valence-corrected chi connectivity index (χ4v) is 2.17. The monoisotopic (exact) mass is 282 g/mol. The first-order chi connectivity index (χ1) is 9.49. The average molecular weight is 282 g/mol. The van der Waals surface area contributed by atoms with Crippen LogP contribution in [0.1, 0.15) is 12.8 Å². The lowest BCUT2D eigenvalue weighted by molar-refractivity contribution is -0.147. The maximum absolute atomic E-state index is 12.2. The highest BCUT2D eigenvalue weighted by atomic mass is 16.5. The van der Waals surface area contributed by atoms with Crippen LogP contribution in [0.15, 0.2) is 0 Å². The maximum atomic E-state index is 12.2. The minimum atomic E-state index is -1.13. The summed E-state index contributed by atoms with van der Waals surface area (Å²) < 4.78 is 4.67. The average Bonchev–Trinajstić information content (AvgIpc) is 2.45. The van der Waals surface area contributed by atoms with E-state index in [-0.39, 0.29) is 25.0 Å². The molecule has 0 bridgehead atoms. The SMILES string of the molecule is C#CCN(CC(=O)O)C(=O)N1CCCC(C(=O)OC)C1. The molecular formula is C13H18N2O5.